The van der Waals surface area contributed by atoms with Crippen molar-refractivity contribution in [1.29, 1.82) is 0 Å². The van der Waals surface area contributed by atoms with Gasteiger partial charge in [-0.15, -0.1) is 24.0 Å². The standard InChI is InChI=1S/C16H34N4O4S.HI/c1-5-17-15(18-6-9-23-12-13-25(4,21)22)19-14-16(2,3)20-7-10-24-11-8-20;/h5-14H2,1-4H3,(H2,17,18,19);1H. The fraction of sp³-hybridized carbons (Fsp3) is 0.938. The van der Waals surface area contributed by atoms with Crippen LogP contribution in [0.5, 0.6) is 0 Å². The molecule has 1 rings (SSSR count). The largest absolute Gasteiger partial charge is 0.379 e. The number of halogens is 1. The second-order valence-corrected chi connectivity index (χ2v) is 9.04. The van der Waals surface area contributed by atoms with Crippen molar-refractivity contribution < 1.29 is 17.9 Å². The highest BCUT2D eigenvalue weighted by molar-refractivity contribution is 14.0. The van der Waals surface area contributed by atoms with Gasteiger partial charge in [0.1, 0.15) is 9.84 Å². The van der Waals surface area contributed by atoms with E-state index >= 15 is 0 Å². The van der Waals surface area contributed by atoms with Gasteiger partial charge in [0.2, 0.25) is 0 Å². The van der Waals surface area contributed by atoms with E-state index in [-0.39, 0.29) is 41.9 Å². The van der Waals surface area contributed by atoms with E-state index in [0.29, 0.717) is 19.7 Å². The van der Waals surface area contributed by atoms with Crippen LogP contribution in [0.15, 0.2) is 4.99 Å². The molecule has 0 aliphatic carbocycles. The van der Waals surface area contributed by atoms with Gasteiger partial charge in [0, 0.05) is 38.0 Å². The van der Waals surface area contributed by atoms with Crippen molar-refractivity contribution in [2.24, 2.45) is 4.99 Å². The van der Waals surface area contributed by atoms with Crippen LogP contribution in [-0.2, 0) is 19.3 Å². The van der Waals surface area contributed by atoms with Gasteiger partial charge in [0.25, 0.3) is 0 Å². The summed E-state index contributed by atoms with van der Waals surface area (Å²) in [7, 11) is -2.97. The highest BCUT2D eigenvalue weighted by Crippen LogP contribution is 2.16. The van der Waals surface area contributed by atoms with Gasteiger partial charge in [0.15, 0.2) is 5.96 Å². The first-order valence-electron chi connectivity index (χ1n) is 8.85. The van der Waals surface area contributed by atoms with Crippen molar-refractivity contribution in [3.05, 3.63) is 0 Å². The molecule has 0 bridgehead atoms. The third kappa shape index (κ3) is 11.5. The molecule has 0 radical (unpaired) electrons. The van der Waals surface area contributed by atoms with E-state index in [1.54, 1.807) is 0 Å². The maximum atomic E-state index is 11.0. The molecule has 1 aliphatic heterocycles. The molecule has 8 nitrogen and oxygen atoms in total. The van der Waals surface area contributed by atoms with Crippen LogP contribution in [0.4, 0.5) is 0 Å². The number of nitrogens with one attached hydrogen (secondary N) is 2. The summed E-state index contributed by atoms with van der Waals surface area (Å²) in [6.07, 6.45) is 1.21. The van der Waals surface area contributed by atoms with E-state index in [0.717, 1.165) is 38.8 Å². The van der Waals surface area contributed by atoms with E-state index in [2.05, 4.69) is 34.4 Å². The fourth-order valence-corrected chi connectivity index (χ4v) is 2.86. The molecule has 1 saturated heterocycles. The first kappa shape index (κ1) is 25.8. The molecule has 0 atom stereocenters. The minimum absolute atomic E-state index is 0. The van der Waals surface area contributed by atoms with Crippen molar-refractivity contribution in [2.75, 3.05) is 71.2 Å². The predicted molar refractivity (Wildman–Crippen MR) is 116 cm³/mol. The summed E-state index contributed by atoms with van der Waals surface area (Å²) >= 11 is 0. The Morgan fingerprint density at radius 1 is 1.23 bits per heavy atom. The maximum absolute atomic E-state index is 11.0. The van der Waals surface area contributed by atoms with Crippen LogP contribution in [0, 0.1) is 0 Å². The highest BCUT2D eigenvalue weighted by atomic mass is 127. The third-order valence-electron chi connectivity index (χ3n) is 3.97. The molecule has 0 aromatic carbocycles. The SMILES string of the molecule is CCNC(=NCC(C)(C)N1CCOCC1)NCCOCCS(C)(=O)=O.I. The number of sulfone groups is 1. The van der Waals surface area contributed by atoms with Gasteiger partial charge in [-0.2, -0.15) is 0 Å². The molecule has 26 heavy (non-hydrogen) atoms. The zero-order chi connectivity index (χ0) is 18.8. The van der Waals surface area contributed by atoms with Crippen molar-refractivity contribution in [3.63, 3.8) is 0 Å². The summed E-state index contributed by atoms with van der Waals surface area (Å²) < 4.78 is 32.8. The fourth-order valence-electron chi connectivity index (χ4n) is 2.44. The number of hydrogen-bond acceptors (Lipinski definition) is 6. The Balaban J connectivity index is 0.00000625. The summed E-state index contributed by atoms with van der Waals surface area (Å²) in [5.74, 6) is 0.796. The lowest BCUT2D eigenvalue weighted by Gasteiger charge is -2.39. The number of guanidine groups is 1. The topological polar surface area (TPSA) is 92.3 Å². The Hall–Kier alpha value is -0.170. The second-order valence-electron chi connectivity index (χ2n) is 6.78. The highest BCUT2D eigenvalue weighted by Gasteiger charge is 2.28. The summed E-state index contributed by atoms with van der Waals surface area (Å²) in [6.45, 7) is 12.5. The van der Waals surface area contributed by atoms with Crippen LogP contribution in [0.2, 0.25) is 0 Å². The Morgan fingerprint density at radius 3 is 2.46 bits per heavy atom. The first-order valence-corrected chi connectivity index (χ1v) is 10.9. The number of hydrogen-bond donors (Lipinski definition) is 2. The van der Waals surface area contributed by atoms with E-state index in [4.69, 9.17) is 9.47 Å². The molecule has 1 heterocycles. The zero-order valence-corrected chi connectivity index (χ0v) is 19.6. The minimum atomic E-state index is -2.97. The lowest BCUT2D eigenvalue weighted by Crippen LogP contribution is -2.52. The molecular formula is C16H35IN4O4S. The van der Waals surface area contributed by atoms with Crippen LogP contribution in [0.1, 0.15) is 20.8 Å². The van der Waals surface area contributed by atoms with Crippen LogP contribution in [0.25, 0.3) is 0 Å². The Bertz CT molecular complexity index is 508. The van der Waals surface area contributed by atoms with E-state index < -0.39 is 9.84 Å². The van der Waals surface area contributed by atoms with Gasteiger partial charge < -0.3 is 20.1 Å². The van der Waals surface area contributed by atoms with Crippen LogP contribution in [0.3, 0.4) is 0 Å². The maximum Gasteiger partial charge on any atom is 0.191 e. The van der Waals surface area contributed by atoms with Crippen molar-refractivity contribution >= 4 is 39.8 Å². The van der Waals surface area contributed by atoms with Crippen LogP contribution >= 0.6 is 24.0 Å². The van der Waals surface area contributed by atoms with E-state index in [1.807, 2.05) is 6.92 Å². The van der Waals surface area contributed by atoms with Gasteiger partial charge in [-0.25, -0.2) is 8.42 Å². The summed E-state index contributed by atoms with van der Waals surface area (Å²) in [6, 6.07) is 0. The molecular weight excluding hydrogens is 471 g/mol. The summed E-state index contributed by atoms with van der Waals surface area (Å²) in [5.41, 5.74) is -0.0296. The Kier molecular flexibility index (Phi) is 13.0. The second kappa shape index (κ2) is 13.1. The average Bonchev–Trinajstić information content (AvgIpc) is 2.55. The number of aliphatic imine (C=N–C) groups is 1. The molecule has 0 unspecified atom stereocenters. The Labute approximate surface area is 175 Å². The molecule has 10 heteroatoms. The van der Waals surface area contributed by atoms with Crippen molar-refractivity contribution in [1.82, 2.24) is 15.5 Å². The van der Waals surface area contributed by atoms with Gasteiger partial charge in [0.05, 0.1) is 38.7 Å². The molecule has 1 aliphatic rings. The molecule has 156 valence electrons. The molecule has 2 N–H and O–H groups in total. The zero-order valence-electron chi connectivity index (χ0n) is 16.4. The Morgan fingerprint density at radius 2 is 1.88 bits per heavy atom. The molecule has 1 fully saturated rings. The normalized spacial score (nSPS) is 16.8. The number of ether oxygens (including phenoxy) is 2. The van der Waals surface area contributed by atoms with Crippen LogP contribution in [-0.4, -0.2) is 96.0 Å². The quantitative estimate of drug-likeness (QED) is 0.191. The van der Waals surface area contributed by atoms with E-state index in [1.165, 1.54) is 6.26 Å². The summed E-state index contributed by atoms with van der Waals surface area (Å²) in [4.78, 5) is 7.08. The lowest BCUT2D eigenvalue weighted by molar-refractivity contribution is -0.00684. The van der Waals surface area contributed by atoms with Crippen LogP contribution < -0.4 is 10.6 Å². The molecule has 0 saturated carbocycles. The number of morpholine rings is 1. The molecule has 0 spiro atoms. The van der Waals surface area contributed by atoms with E-state index in [9.17, 15) is 8.42 Å². The van der Waals surface area contributed by atoms with Gasteiger partial charge in [-0.3, -0.25) is 9.89 Å². The monoisotopic (exact) mass is 506 g/mol. The predicted octanol–water partition coefficient (Wildman–Crippen LogP) is 0.332. The summed E-state index contributed by atoms with van der Waals surface area (Å²) in [5, 5.41) is 6.43. The number of rotatable bonds is 10. The minimum Gasteiger partial charge on any atom is -0.379 e. The average molecular weight is 506 g/mol. The third-order valence-corrected chi connectivity index (χ3v) is 4.88. The molecule has 0 aromatic rings. The van der Waals surface area contributed by atoms with Gasteiger partial charge in [-0.1, -0.05) is 0 Å². The van der Waals surface area contributed by atoms with Crippen molar-refractivity contribution in [3.8, 4) is 0 Å². The number of nitrogens with zero attached hydrogens (tertiary/aromatic N) is 2. The van der Waals surface area contributed by atoms with Gasteiger partial charge in [-0.05, 0) is 20.8 Å². The molecule has 0 aromatic heterocycles. The lowest BCUT2D eigenvalue weighted by atomic mass is 10.0. The van der Waals surface area contributed by atoms with Gasteiger partial charge >= 0.3 is 0 Å². The first-order chi connectivity index (χ1) is 11.7. The smallest absolute Gasteiger partial charge is 0.191 e. The van der Waals surface area contributed by atoms with Crippen molar-refractivity contribution in [2.45, 2.75) is 26.3 Å². The molecule has 0 amide bonds.